The number of carbonyl (C=O) groups excluding carboxylic acids is 1. The van der Waals surface area contributed by atoms with Gasteiger partial charge in [0, 0.05) is 25.4 Å². The fraction of sp³-hybridized carbons (Fsp3) is 0.143. The van der Waals surface area contributed by atoms with E-state index in [9.17, 15) is 4.79 Å². The first-order valence-electron chi connectivity index (χ1n) is 9.06. The minimum atomic E-state index is -0.272. The van der Waals surface area contributed by atoms with E-state index in [0.717, 1.165) is 11.3 Å². The number of aryl methyl sites for hydroxylation is 1. The molecule has 146 valence electrons. The highest BCUT2D eigenvalue weighted by Gasteiger charge is 2.20. The average Bonchev–Trinajstić information content (AvgIpc) is 3.35. The van der Waals surface area contributed by atoms with Crippen molar-refractivity contribution in [3.63, 3.8) is 0 Å². The van der Waals surface area contributed by atoms with Crippen LogP contribution in [0.4, 0.5) is 0 Å². The zero-order valence-electron chi connectivity index (χ0n) is 16.0. The molecule has 2 heterocycles. The van der Waals surface area contributed by atoms with Crippen molar-refractivity contribution in [3.8, 4) is 11.4 Å². The number of halogens is 1. The van der Waals surface area contributed by atoms with Gasteiger partial charge in [-0.15, -0.1) is 5.10 Å². The van der Waals surface area contributed by atoms with Gasteiger partial charge in [0.25, 0.3) is 5.91 Å². The molecular formula is C21H19ClN6O. The van der Waals surface area contributed by atoms with Crippen LogP contribution < -0.4 is 0 Å². The van der Waals surface area contributed by atoms with Crippen LogP contribution in [0.15, 0.2) is 67.0 Å². The molecule has 0 radical (unpaired) electrons. The van der Waals surface area contributed by atoms with Crippen molar-refractivity contribution in [2.75, 3.05) is 7.05 Å². The normalized spacial score (nSPS) is 10.9. The third kappa shape index (κ3) is 3.90. The predicted octanol–water partition coefficient (Wildman–Crippen LogP) is 3.69. The number of rotatable bonds is 5. The van der Waals surface area contributed by atoms with Crippen LogP contribution in [0.2, 0.25) is 5.02 Å². The van der Waals surface area contributed by atoms with Gasteiger partial charge in [-0.25, -0.2) is 14.3 Å². The SMILES string of the molecule is Cc1nc(C(=O)N(C)Cc2cnn(-c3ccccc3)c2)nn1-c1ccccc1Cl. The minimum Gasteiger partial charge on any atom is -0.334 e. The summed E-state index contributed by atoms with van der Waals surface area (Å²) in [4.78, 5) is 18.7. The first-order chi connectivity index (χ1) is 14.0. The minimum absolute atomic E-state index is 0.125. The Morgan fingerprint density at radius 3 is 2.59 bits per heavy atom. The van der Waals surface area contributed by atoms with Gasteiger partial charge in [-0.1, -0.05) is 41.9 Å². The molecule has 0 spiro atoms. The lowest BCUT2D eigenvalue weighted by atomic mass is 10.3. The van der Waals surface area contributed by atoms with Gasteiger partial charge in [-0.3, -0.25) is 4.79 Å². The summed E-state index contributed by atoms with van der Waals surface area (Å²) >= 11 is 6.25. The van der Waals surface area contributed by atoms with Crippen molar-refractivity contribution >= 4 is 17.5 Å². The number of carbonyl (C=O) groups is 1. The van der Waals surface area contributed by atoms with E-state index in [1.54, 1.807) is 40.5 Å². The van der Waals surface area contributed by atoms with Crippen LogP contribution in [0.25, 0.3) is 11.4 Å². The van der Waals surface area contributed by atoms with Crippen molar-refractivity contribution < 1.29 is 4.79 Å². The van der Waals surface area contributed by atoms with E-state index >= 15 is 0 Å². The molecule has 0 aliphatic rings. The monoisotopic (exact) mass is 406 g/mol. The molecule has 2 aromatic heterocycles. The van der Waals surface area contributed by atoms with Gasteiger partial charge in [-0.05, 0) is 31.2 Å². The summed E-state index contributed by atoms with van der Waals surface area (Å²) < 4.78 is 3.36. The summed E-state index contributed by atoms with van der Waals surface area (Å²) in [6.45, 7) is 2.18. The maximum atomic E-state index is 12.8. The second kappa shape index (κ2) is 7.89. The largest absolute Gasteiger partial charge is 0.334 e. The molecule has 4 rings (SSSR count). The maximum absolute atomic E-state index is 12.8. The van der Waals surface area contributed by atoms with Gasteiger partial charge in [-0.2, -0.15) is 5.10 Å². The summed E-state index contributed by atoms with van der Waals surface area (Å²) in [7, 11) is 1.72. The summed E-state index contributed by atoms with van der Waals surface area (Å²) in [5.74, 6) is 0.443. The van der Waals surface area contributed by atoms with E-state index in [1.165, 1.54) is 0 Å². The van der Waals surface area contributed by atoms with Crippen LogP contribution in [0.3, 0.4) is 0 Å². The fourth-order valence-corrected chi connectivity index (χ4v) is 3.23. The Balaban J connectivity index is 1.51. The van der Waals surface area contributed by atoms with Crippen LogP contribution in [0.5, 0.6) is 0 Å². The Labute approximate surface area is 173 Å². The quantitative estimate of drug-likeness (QED) is 0.507. The average molecular weight is 407 g/mol. The van der Waals surface area contributed by atoms with Gasteiger partial charge in [0.15, 0.2) is 0 Å². The Bertz CT molecular complexity index is 1150. The molecule has 0 saturated heterocycles. The number of aromatic nitrogens is 5. The number of hydrogen-bond donors (Lipinski definition) is 0. The Kier molecular flexibility index (Phi) is 5.14. The second-order valence-corrected chi connectivity index (χ2v) is 7.04. The van der Waals surface area contributed by atoms with Crippen LogP contribution in [0, 0.1) is 6.92 Å². The number of amides is 1. The van der Waals surface area contributed by atoms with E-state index < -0.39 is 0 Å². The van der Waals surface area contributed by atoms with Gasteiger partial charge >= 0.3 is 0 Å². The molecule has 0 atom stereocenters. The standard InChI is InChI=1S/C21H19ClN6O/c1-15-24-20(25-28(15)19-11-7-6-10-18(19)22)21(29)26(2)13-16-12-23-27(14-16)17-8-4-3-5-9-17/h3-12,14H,13H2,1-2H3. The summed E-state index contributed by atoms with van der Waals surface area (Å²) in [5, 5.41) is 9.28. The van der Waals surface area contributed by atoms with Gasteiger partial charge in [0.2, 0.25) is 5.82 Å². The molecule has 7 nitrogen and oxygen atoms in total. The smallest absolute Gasteiger partial charge is 0.293 e. The Morgan fingerprint density at radius 1 is 1.10 bits per heavy atom. The molecule has 1 amide bonds. The molecule has 0 saturated carbocycles. The Hall–Kier alpha value is -3.45. The maximum Gasteiger partial charge on any atom is 0.293 e. The molecule has 29 heavy (non-hydrogen) atoms. The van der Waals surface area contributed by atoms with Gasteiger partial charge < -0.3 is 4.90 Å². The highest BCUT2D eigenvalue weighted by atomic mass is 35.5. The number of benzene rings is 2. The van der Waals surface area contributed by atoms with E-state index in [1.807, 2.05) is 54.7 Å². The molecule has 2 aromatic carbocycles. The van der Waals surface area contributed by atoms with Crippen LogP contribution in [-0.4, -0.2) is 42.4 Å². The lowest BCUT2D eigenvalue weighted by Gasteiger charge is -2.13. The van der Waals surface area contributed by atoms with Gasteiger partial charge in [0.05, 0.1) is 22.6 Å². The van der Waals surface area contributed by atoms with E-state index in [2.05, 4.69) is 15.2 Å². The summed E-state index contributed by atoms with van der Waals surface area (Å²) in [5.41, 5.74) is 2.56. The molecule has 0 N–H and O–H groups in total. The number of nitrogens with zero attached hydrogens (tertiary/aromatic N) is 6. The Morgan fingerprint density at radius 2 is 1.83 bits per heavy atom. The van der Waals surface area contributed by atoms with Crippen molar-refractivity contribution in [1.82, 2.24) is 29.4 Å². The third-order valence-electron chi connectivity index (χ3n) is 4.46. The molecule has 4 aromatic rings. The molecule has 0 unspecified atom stereocenters. The van der Waals surface area contributed by atoms with E-state index in [-0.39, 0.29) is 11.7 Å². The topological polar surface area (TPSA) is 68.8 Å². The van der Waals surface area contributed by atoms with E-state index in [4.69, 9.17) is 11.6 Å². The zero-order valence-corrected chi connectivity index (χ0v) is 16.8. The lowest BCUT2D eigenvalue weighted by molar-refractivity contribution is 0.0773. The molecule has 0 aliphatic carbocycles. The summed E-state index contributed by atoms with van der Waals surface area (Å²) in [6, 6.07) is 17.1. The molecule has 8 heteroatoms. The summed E-state index contributed by atoms with van der Waals surface area (Å²) in [6.07, 6.45) is 3.65. The molecule has 0 fully saturated rings. The lowest BCUT2D eigenvalue weighted by Crippen LogP contribution is -2.27. The second-order valence-electron chi connectivity index (χ2n) is 6.64. The first kappa shape index (κ1) is 18.9. The van der Waals surface area contributed by atoms with Crippen molar-refractivity contribution in [2.24, 2.45) is 0 Å². The highest BCUT2D eigenvalue weighted by Crippen LogP contribution is 2.20. The van der Waals surface area contributed by atoms with E-state index in [0.29, 0.717) is 23.1 Å². The van der Waals surface area contributed by atoms with Crippen molar-refractivity contribution in [1.29, 1.82) is 0 Å². The predicted molar refractivity (Wildman–Crippen MR) is 110 cm³/mol. The van der Waals surface area contributed by atoms with Crippen LogP contribution in [-0.2, 0) is 6.54 Å². The van der Waals surface area contributed by atoms with Crippen molar-refractivity contribution in [3.05, 3.63) is 89.2 Å². The molecular weight excluding hydrogens is 388 g/mol. The molecule has 0 bridgehead atoms. The van der Waals surface area contributed by atoms with Crippen molar-refractivity contribution in [2.45, 2.75) is 13.5 Å². The number of para-hydroxylation sites is 2. The van der Waals surface area contributed by atoms with Crippen LogP contribution in [0.1, 0.15) is 22.0 Å². The molecule has 0 aliphatic heterocycles. The number of hydrogen-bond acceptors (Lipinski definition) is 4. The van der Waals surface area contributed by atoms with Gasteiger partial charge in [0.1, 0.15) is 5.82 Å². The zero-order chi connectivity index (χ0) is 20.4. The first-order valence-corrected chi connectivity index (χ1v) is 9.44. The third-order valence-corrected chi connectivity index (χ3v) is 4.78. The fourth-order valence-electron chi connectivity index (χ4n) is 3.01. The van der Waals surface area contributed by atoms with Crippen LogP contribution >= 0.6 is 11.6 Å². The highest BCUT2D eigenvalue weighted by molar-refractivity contribution is 6.32.